The van der Waals surface area contributed by atoms with Crippen molar-refractivity contribution >= 4 is 23.3 Å². The van der Waals surface area contributed by atoms with Gasteiger partial charge in [-0.3, -0.25) is 4.79 Å². The maximum atomic E-state index is 14.1. The van der Waals surface area contributed by atoms with Crippen molar-refractivity contribution in [3.8, 4) is 5.75 Å². The second kappa shape index (κ2) is 11.3. The van der Waals surface area contributed by atoms with Crippen LogP contribution in [0.4, 0.5) is 9.18 Å². The zero-order chi connectivity index (χ0) is 23.1. The van der Waals surface area contributed by atoms with Crippen molar-refractivity contribution in [1.82, 2.24) is 15.1 Å². The normalized spacial score (nSPS) is 15.4. The number of benzene rings is 1. The third kappa shape index (κ3) is 6.00. The Hall–Kier alpha value is -2.61. The Balaban J connectivity index is 1.76. The quantitative estimate of drug-likeness (QED) is 0.599. The molecule has 8 heteroatoms. The van der Waals surface area contributed by atoms with Crippen LogP contribution in [0.5, 0.6) is 5.75 Å². The van der Waals surface area contributed by atoms with E-state index >= 15 is 0 Å². The second-order valence-corrected chi connectivity index (χ2v) is 9.33. The van der Waals surface area contributed by atoms with Crippen molar-refractivity contribution in [2.75, 3.05) is 32.8 Å². The molecule has 0 fully saturated rings. The first kappa shape index (κ1) is 24.0. The van der Waals surface area contributed by atoms with Gasteiger partial charge in [-0.1, -0.05) is 26.0 Å². The fourth-order valence-electron chi connectivity index (χ4n) is 3.79. The average molecular weight is 462 g/mol. The number of amides is 3. The zero-order valence-corrected chi connectivity index (χ0v) is 19.8. The molecule has 2 aromatic rings. The summed E-state index contributed by atoms with van der Waals surface area (Å²) < 4.78 is 19.9. The summed E-state index contributed by atoms with van der Waals surface area (Å²) >= 11 is 1.66. The zero-order valence-electron chi connectivity index (χ0n) is 19.0. The van der Waals surface area contributed by atoms with Crippen LogP contribution in [-0.2, 0) is 11.2 Å². The molecule has 32 heavy (non-hydrogen) atoms. The largest absolute Gasteiger partial charge is 0.488 e. The van der Waals surface area contributed by atoms with Crippen molar-refractivity contribution in [3.63, 3.8) is 0 Å². The van der Waals surface area contributed by atoms with Crippen molar-refractivity contribution in [3.05, 3.63) is 52.0 Å². The van der Waals surface area contributed by atoms with Gasteiger partial charge in [0.2, 0.25) is 5.91 Å². The monoisotopic (exact) mass is 461 g/mol. The van der Waals surface area contributed by atoms with Gasteiger partial charge < -0.3 is 19.9 Å². The van der Waals surface area contributed by atoms with E-state index in [4.69, 9.17) is 4.74 Å². The maximum absolute atomic E-state index is 14.1. The van der Waals surface area contributed by atoms with E-state index in [-0.39, 0.29) is 36.9 Å². The van der Waals surface area contributed by atoms with E-state index in [2.05, 4.69) is 19.2 Å². The molecule has 0 aliphatic carbocycles. The molecule has 174 valence electrons. The lowest BCUT2D eigenvalue weighted by Gasteiger charge is -2.37. The van der Waals surface area contributed by atoms with Crippen molar-refractivity contribution in [2.24, 2.45) is 5.92 Å². The van der Waals surface area contributed by atoms with Gasteiger partial charge in [0, 0.05) is 24.5 Å². The van der Waals surface area contributed by atoms with E-state index in [1.54, 1.807) is 39.3 Å². The first-order chi connectivity index (χ1) is 15.4. The van der Waals surface area contributed by atoms with Crippen LogP contribution >= 0.6 is 11.3 Å². The Labute approximate surface area is 193 Å². The number of hydrogen-bond acceptors (Lipinski definition) is 4. The number of carbonyl (C=O) groups is 2. The van der Waals surface area contributed by atoms with Gasteiger partial charge in [-0.2, -0.15) is 0 Å². The number of nitrogens with one attached hydrogen (secondary N) is 1. The van der Waals surface area contributed by atoms with Crippen LogP contribution in [0, 0.1) is 11.7 Å². The van der Waals surface area contributed by atoms with E-state index < -0.39 is 5.82 Å². The van der Waals surface area contributed by atoms with Crippen LogP contribution in [0.25, 0.3) is 0 Å². The molecule has 1 unspecified atom stereocenters. The van der Waals surface area contributed by atoms with Crippen LogP contribution in [0.15, 0.2) is 35.7 Å². The molecule has 1 N–H and O–H groups in total. The molecule has 0 spiro atoms. The van der Waals surface area contributed by atoms with Gasteiger partial charge in [-0.25, -0.2) is 9.18 Å². The Morgan fingerprint density at radius 1 is 1.31 bits per heavy atom. The van der Waals surface area contributed by atoms with Gasteiger partial charge in [0.05, 0.1) is 6.04 Å². The van der Waals surface area contributed by atoms with E-state index in [1.807, 2.05) is 18.4 Å². The topological polar surface area (TPSA) is 61.9 Å². The number of urea groups is 1. The smallest absolute Gasteiger partial charge is 0.317 e. The summed E-state index contributed by atoms with van der Waals surface area (Å²) in [6, 6.07) is 7.73. The summed E-state index contributed by atoms with van der Waals surface area (Å²) in [6.45, 7) is 7.78. The minimum atomic E-state index is -0.428. The number of nitrogens with zero attached hydrogens (tertiary/aromatic N) is 2. The van der Waals surface area contributed by atoms with Crippen molar-refractivity contribution < 1.29 is 18.7 Å². The molecule has 0 saturated carbocycles. The minimum Gasteiger partial charge on any atom is -0.488 e. The first-order valence-electron chi connectivity index (χ1n) is 11.2. The molecular weight excluding hydrogens is 429 g/mol. The highest BCUT2D eigenvalue weighted by Crippen LogP contribution is 2.34. The van der Waals surface area contributed by atoms with Gasteiger partial charge in [0.1, 0.15) is 13.2 Å². The summed E-state index contributed by atoms with van der Waals surface area (Å²) in [6.07, 6.45) is 1.58. The molecule has 2 heterocycles. The van der Waals surface area contributed by atoms with Gasteiger partial charge in [0.25, 0.3) is 0 Å². The fourth-order valence-corrected chi connectivity index (χ4v) is 4.72. The van der Waals surface area contributed by atoms with Crippen molar-refractivity contribution in [1.29, 1.82) is 0 Å². The molecule has 6 nitrogen and oxygen atoms in total. The lowest BCUT2D eigenvalue weighted by atomic mass is 10.0. The van der Waals surface area contributed by atoms with Gasteiger partial charge in [-0.15, -0.1) is 11.3 Å². The number of rotatable bonds is 9. The molecule has 1 aliphatic rings. The SMILES string of the molecule is CCNC(=O)N(CCC(C)C)CC(=O)N1CCc2sccc2C1COc1ccccc1F. The molecular formula is C24H32FN3O3S. The lowest BCUT2D eigenvalue weighted by molar-refractivity contribution is -0.135. The molecule has 3 amide bonds. The van der Waals surface area contributed by atoms with Crippen LogP contribution in [0.2, 0.25) is 0 Å². The Morgan fingerprint density at radius 3 is 2.81 bits per heavy atom. The Kier molecular flexibility index (Phi) is 8.50. The fraction of sp³-hybridized carbons (Fsp3) is 0.500. The summed E-state index contributed by atoms with van der Waals surface area (Å²) in [4.78, 5) is 30.5. The molecule has 1 aliphatic heterocycles. The van der Waals surface area contributed by atoms with E-state index in [9.17, 15) is 14.0 Å². The highest BCUT2D eigenvalue weighted by atomic mass is 32.1. The minimum absolute atomic E-state index is 0.00816. The molecule has 0 radical (unpaired) electrons. The number of fused-ring (bicyclic) bond motifs is 1. The average Bonchev–Trinajstić information content (AvgIpc) is 3.25. The van der Waals surface area contributed by atoms with Gasteiger partial charge in [-0.05, 0) is 54.8 Å². The van der Waals surface area contributed by atoms with Crippen molar-refractivity contribution in [2.45, 2.75) is 39.7 Å². The number of hydrogen-bond donors (Lipinski definition) is 1. The molecule has 0 bridgehead atoms. The predicted octanol–water partition coefficient (Wildman–Crippen LogP) is 4.47. The second-order valence-electron chi connectivity index (χ2n) is 8.33. The third-order valence-electron chi connectivity index (χ3n) is 5.57. The van der Waals surface area contributed by atoms with Crippen LogP contribution < -0.4 is 10.1 Å². The third-order valence-corrected chi connectivity index (χ3v) is 6.56. The van der Waals surface area contributed by atoms with E-state index in [0.717, 1.165) is 18.4 Å². The number of carbonyl (C=O) groups excluding carboxylic acids is 2. The summed E-state index contributed by atoms with van der Waals surface area (Å²) in [5, 5.41) is 4.82. The highest BCUT2D eigenvalue weighted by Gasteiger charge is 2.33. The van der Waals surface area contributed by atoms with Crippen LogP contribution in [0.3, 0.4) is 0 Å². The maximum Gasteiger partial charge on any atom is 0.317 e. The van der Waals surface area contributed by atoms with E-state index in [0.29, 0.717) is 25.6 Å². The predicted molar refractivity (Wildman–Crippen MR) is 124 cm³/mol. The van der Waals surface area contributed by atoms with Gasteiger partial charge in [0.15, 0.2) is 11.6 Å². The Bertz CT molecular complexity index is 917. The number of ether oxygens (including phenoxy) is 1. The van der Waals surface area contributed by atoms with E-state index in [1.165, 1.54) is 10.9 Å². The molecule has 3 rings (SSSR count). The lowest BCUT2D eigenvalue weighted by Crippen LogP contribution is -2.50. The van der Waals surface area contributed by atoms with Crippen LogP contribution in [-0.4, -0.2) is 54.5 Å². The number of para-hydroxylation sites is 1. The molecule has 1 atom stereocenters. The standard InChI is InChI=1S/C24H32FN3O3S/c1-4-26-24(30)27(12-9-17(2)3)15-23(29)28-13-10-22-18(11-14-32-22)20(28)16-31-21-8-6-5-7-19(21)25/h5-8,11,14,17,20H,4,9-10,12-13,15-16H2,1-3H3,(H,26,30). The Morgan fingerprint density at radius 2 is 2.09 bits per heavy atom. The highest BCUT2D eigenvalue weighted by molar-refractivity contribution is 7.10. The molecule has 0 saturated heterocycles. The first-order valence-corrected chi connectivity index (χ1v) is 12.0. The van der Waals surface area contributed by atoms with Crippen LogP contribution in [0.1, 0.15) is 43.7 Å². The summed E-state index contributed by atoms with van der Waals surface area (Å²) in [7, 11) is 0. The number of halogens is 1. The molecule has 1 aromatic heterocycles. The summed E-state index contributed by atoms with van der Waals surface area (Å²) in [5.74, 6) is 0.0391. The summed E-state index contributed by atoms with van der Waals surface area (Å²) in [5.41, 5.74) is 1.04. The van der Waals surface area contributed by atoms with Gasteiger partial charge >= 0.3 is 6.03 Å². The number of thiophene rings is 1. The molecule has 1 aromatic carbocycles.